The largest absolute Gasteiger partial charge is 0.351 e. The van der Waals surface area contributed by atoms with Crippen LogP contribution in [0, 0.1) is 0 Å². The number of likely N-dealkylation sites (N-methyl/N-ethyl adjacent to an activating group) is 1. The summed E-state index contributed by atoms with van der Waals surface area (Å²) in [5.74, 6) is -0.384. The Kier molecular flexibility index (Phi) is 5.98. The Labute approximate surface area is 121 Å². The first kappa shape index (κ1) is 15.7. The van der Waals surface area contributed by atoms with Crippen molar-refractivity contribution in [1.82, 2.24) is 10.2 Å². The normalized spacial score (nSPS) is 12.2. The molecule has 0 bridgehead atoms. The topological polar surface area (TPSA) is 75.4 Å². The molecule has 0 spiro atoms. The average Bonchev–Trinajstić information content (AvgIpc) is 2.36. The molecule has 0 aliphatic rings. The van der Waals surface area contributed by atoms with E-state index < -0.39 is 12.1 Å². The highest BCUT2D eigenvalue weighted by atomic mass is 79.9. The maximum Gasteiger partial charge on any atom is 0.318 e. The summed E-state index contributed by atoms with van der Waals surface area (Å²) >= 11 is 3.38. The van der Waals surface area contributed by atoms with E-state index in [9.17, 15) is 9.59 Å². The van der Waals surface area contributed by atoms with E-state index in [4.69, 9.17) is 5.73 Å². The SMILES string of the molecule is C[C@@H](C(=O)NC(N)=O)N(C)CCc1ccc(Br)cc1. The van der Waals surface area contributed by atoms with Crippen LogP contribution in [0.4, 0.5) is 4.79 Å². The first-order chi connectivity index (χ1) is 8.90. The number of rotatable bonds is 5. The summed E-state index contributed by atoms with van der Waals surface area (Å²) in [5, 5.41) is 2.08. The molecule has 3 amide bonds. The van der Waals surface area contributed by atoms with Crippen molar-refractivity contribution < 1.29 is 9.59 Å². The Morgan fingerprint density at radius 1 is 1.37 bits per heavy atom. The molecule has 1 atom stereocenters. The van der Waals surface area contributed by atoms with Crippen LogP contribution in [0.5, 0.6) is 0 Å². The van der Waals surface area contributed by atoms with Crippen LogP contribution < -0.4 is 11.1 Å². The van der Waals surface area contributed by atoms with Gasteiger partial charge in [-0.3, -0.25) is 15.0 Å². The molecule has 0 aliphatic heterocycles. The van der Waals surface area contributed by atoms with Crippen LogP contribution >= 0.6 is 15.9 Å². The third-order valence-electron chi connectivity index (χ3n) is 2.95. The summed E-state index contributed by atoms with van der Waals surface area (Å²) in [6, 6.07) is 6.82. The number of imide groups is 1. The number of hydrogen-bond acceptors (Lipinski definition) is 3. The highest BCUT2D eigenvalue weighted by Crippen LogP contribution is 2.11. The third kappa shape index (κ3) is 5.40. The number of nitrogens with two attached hydrogens (primary N) is 1. The van der Waals surface area contributed by atoms with Gasteiger partial charge in [0.25, 0.3) is 0 Å². The summed E-state index contributed by atoms with van der Waals surface area (Å²) in [6.07, 6.45) is 0.831. The summed E-state index contributed by atoms with van der Waals surface area (Å²) in [6.45, 7) is 2.45. The smallest absolute Gasteiger partial charge is 0.318 e. The number of carbonyl (C=O) groups excluding carboxylic acids is 2. The van der Waals surface area contributed by atoms with E-state index in [0.717, 1.165) is 17.4 Å². The number of halogens is 1. The molecular formula is C13H18BrN3O2. The van der Waals surface area contributed by atoms with E-state index in [1.807, 2.05) is 36.2 Å². The molecule has 3 N–H and O–H groups in total. The Bertz CT molecular complexity index is 448. The minimum atomic E-state index is -0.821. The van der Waals surface area contributed by atoms with Crippen molar-refractivity contribution in [3.05, 3.63) is 34.3 Å². The van der Waals surface area contributed by atoms with E-state index in [2.05, 4.69) is 21.2 Å². The number of nitrogens with zero attached hydrogens (tertiary/aromatic N) is 1. The standard InChI is InChI=1S/C13H18BrN3O2/c1-9(12(18)16-13(15)19)17(2)8-7-10-3-5-11(14)6-4-10/h3-6,9H,7-8H2,1-2H3,(H3,15,16,18,19)/t9-/m0/s1. The van der Waals surface area contributed by atoms with Crippen molar-refractivity contribution >= 4 is 27.9 Å². The lowest BCUT2D eigenvalue weighted by molar-refractivity contribution is -0.124. The summed E-state index contributed by atoms with van der Waals surface area (Å²) < 4.78 is 1.04. The highest BCUT2D eigenvalue weighted by Gasteiger charge is 2.18. The summed E-state index contributed by atoms with van der Waals surface area (Å²) in [7, 11) is 1.84. The van der Waals surface area contributed by atoms with Gasteiger partial charge < -0.3 is 5.73 Å². The molecule has 0 heterocycles. The maximum absolute atomic E-state index is 11.6. The minimum Gasteiger partial charge on any atom is -0.351 e. The van der Waals surface area contributed by atoms with Crippen LogP contribution in [0.2, 0.25) is 0 Å². The summed E-state index contributed by atoms with van der Waals surface area (Å²) in [5.41, 5.74) is 6.11. The van der Waals surface area contributed by atoms with Gasteiger partial charge in [0.05, 0.1) is 6.04 Å². The van der Waals surface area contributed by atoms with E-state index >= 15 is 0 Å². The zero-order valence-corrected chi connectivity index (χ0v) is 12.6. The van der Waals surface area contributed by atoms with E-state index in [1.54, 1.807) is 6.92 Å². The number of hydrogen-bond donors (Lipinski definition) is 2. The first-order valence-corrected chi connectivity index (χ1v) is 6.74. The molecule has 5 nitrogen and oxygen atoms in total. The van der Waals surface area contributed by atoms with Crippen molar-refractivity contribution in [2.24, 2.45) is 5.73 Å². The number of amides is 3. The fourth-order valence-corrected chi connectivity index (χ4v) is 1.84. The second-order valence-corrected chi connectivity index (χ2v) is 5.30. The summed E-state index contributed by atoms with van der Waals surface area (Å²) in [4.78, 5) is 24.1. The van der Waals surface area contributed by atoms with Crippen LogP contribution in [-0.2, 0) is 11.2 Å². The molecule has 1 aromatic rings. The zero-order valence-electron chi connectivity index (χ0n) is 11.0. The molecule has 0 aliphatic carbocycles. The van der Waals surface area contributed by atoms with Crippen molar-refractivity contribution in [1.29, 1.82) is 0 Å². The van der Waals surface area contributed by atoms with Gasteiger partial charge in [0.15, 0.2) is 0 Å². The van der Waals surface area contributed by atoms with Gasteiger partial charge in [-0.25, -0.2) is 4.79 Å². The lowest BCUT2D eigenvalue weighted by atomic mass is 10.1. The Morgan fingerprint density at radius 2 is 1.95 bits per heavy atom. The predicted octanol–water partition coefficient (Wildman–Crippen LogP) is 1.51. The van der Waals surface area contributed by atoms with Gasteiger partial charge >= 0.3 is 6.03 Å². The molecule has 0 radical (unpaired) electrons. The van der Waals surface area contributed by atoms with Crippen molar-refractivity contribution in [2.75, 3.05) is 13.6 Å². The molecule has 104 valence electrons. The quantitative estimate of drug-likeness (QED) is 0.860. The molecule has 19 heavy (non-hydrogen) atoms. The Balaban J connectivity index is 2.46. The van der Waals surface area contributed by atoms with Gasteiger partial charge in [-0.2, -0.15) is 0 Å². The number of carbonyl (C=O) groups is 2. The van der Waals surface area contributed by atoms with Gasteiger partial charge in [0.2, 0.25) is 5.91 Å². The molecule has 6 heteroatoms. The van der Waals surface area contributed by atoms with Crippen LogP contribution in [0.3, 0.4) is 0 Å². The first-order valence-electron chi connectivity index (χ1n) is 5.95. The molecule has 0 aromatic heterocycles. The van der Waals surface area contributed by atoms with Gasteiger partial charge in [-0.1, -0.05) is 28.1 Å². The monoisotopic (exact) mass is 327 g/mol. The van der Waals surface area contributed by atoms with Crippen LogP contribution in [0.15, 0.2) is 28.7 Å². The van der Waals surface area contributed by atoms with Crippen LogP contribution in [-0.4, -0.2) is 36.5 Å². The molecule has 0 saturated heterocycles. The van der Waals surface area contributed by atoms with Crippen molar-refractivity contribution in [3.8, 4) is 0 Å². The molecule has 0 saturated carbocycles. The lowest BCUT2D eigenvalue weighted by Gasteiger charge is -2.23. The van der Waals surface area contributed by atoms with E-state index in [-0.39, 0.29) is 5.91 Å². The van der Waals surface area contributed by atoms with Gasteiger partial charge in [0, 0.05) is 11.0 Å². The third-order valence-corrected chi connectivity index (χ3v) is 3.48. The second-order valence-electron chi connectivity index (χ2n) is 4.39. The number of benzene rings is 1. The fourth-order valence-electron chi connectivity index (χ4n) is 1.58. The van der Waals surface area contributed by atoms with Crippen molar-refractivity contribution in [2.45, 2.75) is 19.4 Å². The molecular weight excluding hydrogens is 310 g/mol. The average molecular weight is 328 g/mol. The van der Waals surface area contributed by atoms with Gasteiger partial charge in [-0.15, -0.1) is 0 Å². The Hall–Kier alpha value is -1.40. The van der Waals surface area contributed by atoms with Gasteiger partial charge in [0.1, 0.15) is 0 Å². The van der Waals surface area contributed by atoms with Crippen LogP contribution in [0.1, 0.15) is 12.5 Å². The Morgan fingerprint density at radius 3 is 2.47 bits per heavy atom. The van der Waals surface area contributed by atoms with Gasteiger partial charge in [-0.05, 0) is 38.1 Å². The lowest BCUT2D eigenvalue weighted by Crippen LogP contribution is -2.47. The predicted molar refractivity (Wildman–Crippen MR) is 77.7 cm³/mol. The minimum absolute atomic E-state index is 0.384. The van der Waals surface area contributed by atoms with E-state index in [0.29, 0.717) is 0 Å². The maximum atomic E-state index is 11.6. The highest BCUT2D eigenvalue weighted by molar-refractivity contribution is 9.10. The zero-order chi connectivity index (χ0) is 14.4. The number of urea groups is 1. The second kappa shape index (κ2) is 7.25. The molecule has 0 unspecified atom stereocenters. The fraction of sp³-hybridized carbons (Fsp3) is 0.385. The van der Waals surface area contributed by atoms with Crippen LogP contribution in [0.25, 0.3) is 0 Å². The number of nitrogens with one attached hydrogen (secondary N) is 1. The molecule has 0 fully saturated rings. The molecule has 1 aromatic carbocycles. The number of primary amides is 1. The van der Waals surface area contributed by atoms with Crippen molar-refractivity contribution in [3.63, 3.8) is 0 Å². The van der Waals surface area contributed by atoms with E-state index in [1.165, 1.54) is 5.56 Å². The molecule has 1 rings (SSSR count).